The van der Waals surface area contributed by atoms with Gasteiger partial charge < -0.3 is 19.9 Å². The number of aromatic nitrogens is 2. The lowest BCUT2D eigenvalue weighted by Crippen LogP contribution is -2.49. The topological polar surface area (TPSA) is 125 Å². The van der Waals surface area contributed by atoms with E-state index >= 15 is 0 Å². The Morgan fingerprint density at radius 3 is 2.40 bits per heavy atom. The molecule has 8 nitrogen and oxygen atoms in total. The number of Topliss-reactive ketones (excluding diaryl/α,β-unsaturated/α-hetero) is 1. The lowest BCUT2D eigenvalue weighted by Gasteiger charge is -2.22. The number of nitrogens with one attached hydrogen (secondary N) is 2. The molecule has 0 saturated heterocycles. The standard InChI is InChI=1S/C13H21N3O4.C9H12O/c1-8(2)3-11(13(19)20)16-10(12(18)6-17)4-9-5-14-7-15-9;1-2-10-8-9-6-4-3-5-7-9/h5,7-8,10-11,16-17H,3-4,6H2,1-2H3,(H,14,15)(H,19,20);3-7H,2,8H2,1H3/t10-,11?;/m0./s1. The normalized spacial score (nSPS) is 12.7. The van der Waals surface area contributed by atoms with Crippen molar-refractivity contribution in [2.45, 2.75) is 52.3 Å². The van der Waals surface area contributed by atoms with E-state index in [0.29, 0.717) is 12.1 Å². The number of aromatic amines is 1. The number of aliphatic carboxylic acids is 1. The van der Waals surface area contributed by atoms with Crippen LogP contribution in [0.25, 0.3) is 0 Å². The van der Waals surface area contributed by atoms with E-state index in [1.165, 1.54) is 11.9 Å². The molecule has 0 bridgehead atoms. The lowest BCUT2D eigenvalue weighted by atomic mass is 10.0. The summed E-state index contributed by atoms with van der Waals surface area (Å²) in [6.45, 7) is 6.72. The molecule has 1 aromatic heterocycles. The summed E-state index contributed by atoms with van der Waals surface area (Å²) in [5, 5.41) is 21.0. The zero-order valence-electron chi connectivity index (χ0n) is 17.9. The Kier molecular flexibility index (Phi) is 12.3. The number of carbonyl (C=O) groups excluding carboxylic acids is 1. The lowest BCUT2D eigenvalue weighted by molar-refractivity contribution is -0.140. The van der Waals surface area contributed by atoms with Crippen LogP contribution in [0.15, 0.2) is 42.9 Å². The molecule has 0 spiro atoms. The monoisotopic (exact) mass is 419 g/mol. The minimum atomic E-state index is -1.00. The Labute approximate surface area is 177 Å². The van der Waals surface area contributed by atoms with E-state index in [-0.39, 0.29) is 12.3 Å². The smallest absolute Gasteiger partial charge is 0.320 e. The van der Waals surface area contributed by atoms with Gasteiger partial charge >= 0.3 is 5.97 Å². The molecular weight excluding hydrogens is 386 g/mol. The average Bonchev–Trinajstić information content (AvgIpc) is 3.24. The Bertz CT molecular complexity index is 720. The summed E-state index contributed by atoms with van der Waals surface area (Å²) >= 11 is 0. The number of nitrogens with zero attached hydrogens (tertiary/aromatic N) is 1. The van der Waals surface area contributed by atoms with Crippen LogP contribution >= 0.6 is 0 Å². The van der Waals surface area contributed by atoms with E-state index in [4.69, 9.17) is 9.84 Å². The molecule has 0 aliphatic rings. The molecule has 2 aromatic rings. The summed E-state index contributed by atoms with van der Waals surface area (Å²) < 4.78 is 5.22. The number of imidazole rings is 1. The van der Waals surface area contributed by atoms with Gasteiger partial charge in [0.05, 0.1) is 19.0 Å². The van der Waals surface area contributed by atoms with Crippen molar-refractivity contribution in [2.24, 2.45) is 5.92 Å². The maximum atomic E-state index is 11.7. The molecule has 0 aliphatic carbocycles. The van der Waals surface area contributed by atoms with Crippen molar-refractivity contribution in [1.29, 1.82) is 0 Å². The van der Waals surface area contributed by atoms with Crippen molar-refractivity contribution in [3.05, 3.63) is 54.1 Å². The summed E-state index contributed by atoms with van der Waals surface area (Å²) in [6, 6.07) is 8.61. The first-order chi connectivity index (χ1) is 14.4. The predicted octanol–water partition coefficient (Wildman–Crippen LogP) is 2.19. The average molecular weight is 420 g/mol. The molecule has 0 amide bonds. The highest BCUT2D eigenvalue weighted by molar-refractivity contribution is 5.86. The van der Waals surface area contributed by atoms with E-state index in [0.717, 1.165) is 13.2 Å². The van der Waals surface area contributed by atoms with Gasteiger partial charge in [-0.25, -0.2) is 4.98 Å². The minimum absolute atomic E-state index is 0.181. The van der Waals surface area contributed by atoms with Crippen molar-refractivity contribution < 1.29 is 24.5 Å². The number of ether oxygens (including phenoxy) is 1. The van der Waals surface area contributed by atoms with E-state index in [1.54, 1.807) is 6.20 Å². The predicted molar refractivity (Wildman–Crippen MR) is 114 cm³/mol. The quantitative estimate of drug-likeness (QED) is 0.416. The highest BCUT2D eigenvalue weighted by atomic mass is 16.5. The van der Waals surface area contributed by atoms with Gasteiger partial charge in [0.15, 0.2) is 5.78 Å². The molecule has 0 fully saturated rings. The van der Waals surface area contributed by atoms with E-state index in [1.807, 2.05) is 39.0 Å². The Morgan fingerprint density at radius 1 is 1.20 bits per heavy atom. The molecule has 0 aliphatic heterocycles. The fraction of sp³-hybridized carbons (Fsp3) is 0.500. The second-order valence-electron chi connectivity index (χ2n) is 7.27. The molecule has 30 heavy (non-hydrogen) atoms. The third-order valence-corrected chi connectivity index (χ3v) is 4.25. The number of hydrogen-bond acceptors (Lipinski definition) is 6. The van der Waals surface area contributed by atoms with E-state index in [9.17, 15) is 14.7 Å². The number of ketones is 1. The first kappa shape index (κ1) is 25.5. The van der Waals surface area contributed by atoms with Gasteiger partial charge in [0.2, 0.25) is 0 Å². The number of carbonyl (C=O) groups is 2. The van der Waals surface area contributed by atoms with Gasteiger partial charge in [0.25, 0.3) is 0 Å². The minimum Gasteiger partial charge on any atom is -0.480 e. The largest absolute Gasteiger partial charge is 0.480 e. The van der Waals surface area contributed by atoms with Gasteiger partial charge in [-0.05, 0) is 24.8 Å². The maximum Gasteiger partial charge on any atom is 0.320 e. The summed E-state index contributed by atoms with van der Waals surface area (Å²) in [5.41, 5.74) is 1.95. The molecule has 2 rings (SSSR count). The summed E-state index contributed by atoms with van der Waals surface area (Å²) in [6.07, 6.45) is 3.73. The summed E-state index contributed by atoms with van der Waals surface area (Å²) in [7, 11) is 0. The Morgan fingerprint density at radius 2 is 1.90 bits per heavy atom. The molecule has 166 valence electrons. The third kappa shape index (κ3) is 10.3. The molecule has 0 saturated carbocycles. The van der Waals surface area contributed by atoms with Gasteiger partial charge in [-0.2, -0.15) is 0 Å². The van der Waals surface area contributed by atoms with Crippen LogP contribution in [0.4, 0.5) is 0 Å². The van der Waals surface area contributed by atoms with Crippen molar-refractivity contribution in [2.75, 3.05) is 13.2 Å². The molecule has 1 aromatic carbocycles. The van der Waals surface area contributed by atoms with Gasteiger partial charge in [-0.15, -0.1) is 0 Å². The van der Waals surface area contributed by atoms with Crippen molar-refractivity contribution in [3.63, 3.8) is 0 Å². The van der Waals surface area contributed by atoms with Crippen molar-refractivity contribution in [3.8, 4) is 0 Å². The molecule has 1 heterocycles. The van der Waals surface area contributed by atoms with Crippen LogP contribution in [-0.2, 0) is 27.4 Å². The highest BCUT2D eigenvalue weighted by Crippen LogP contribution is 2.08. The highest BCUT2D eigenvalue weighted by Gasteiger charge is 2.26. The summed E-state index contributed by atoms with van der Waals surface area (Å²) in [4.78, 5) is 29.7. The van der Waals surface area contributed by atoms with Crippen LogP contribution in [0, 0.1) is 5.92 Å². The number of benzene rings is 1. The van der Waals surface area contributed by atoms with Crippen molar-refractivity contribution in [1.82, 2.24) is 15.3 Å². The molecular formula is C22H33N3O5. The summed E-state index contributed by atoms with van der Waals surface area (Å²) in [5.74, 6) is -1.26. The first-order valence-corrected chi connectivity index (χ1v) is 10.1. The molecule has 8 heteroatoms. The fourth-order valence-corrected chi connectivity index (χ4v) is 2.74. The first-order valence-electron chi connectivity index (χ1n) is 10.1. The number of aliphatic hydroxyl groups excluding tert-OH is 1. The maximum absolute atomic E-state index is 11.7. The van der Waals surface area contributed by atoms with Crippen LogP contribution in [-0.4, -0.2) is 57.2 Å². The van der Waals surface area contributed by atoms with E-state index in [2.05, 4.69) is 27.4 Å². The van der Waals surface area contributed by atoms with Crippen LogP contribution < -0.4 is 5.32 Å². The van der Waals surface area contributed by atoms with Crippen LogP contribution in [0.2, 0.25) is 0 Å². The second-order valence-corrected chi connectivity index (χ2v) is 7.27. The fourth-order valence-electron chi connectivity index (χ4n) is 2.74. The number of carboxylic acid groups (broad SMARTS) is 1. The SMILES string of the molecule is CC(C)CC(N[C@@H](Cc1cnc[nH]1)C(=O)CO)C(=O)O.CCOCc1ccccc1. The van der Waals surface area contributed by atoms with Gasteiger partial charge in [0.1, 0.15) is 12.6 Å². The third-order valence-electron chi connectivity index (χ3n) is 4.25. The number of aliphatic hydroxyl groups is 1. The van der Waals surface area contributed by atoms with Crippen LogP contribution in [0.3, 0.4) is 0 Å². The van der Waals surface area contributed by atoms with Gasteiger partial charge in [-0.3, -0.25) is 14.9 Å². The van der Waals surface area contributed by atoms with Gasteiger partial charge in [0, 0.05) is 24.9 Å². The second kappa shape index (κ2) is 14.4. The van der Waals surface area contributed by atoms with Crippen LogP contribution in [0.1, 0.15) is 38.4 Å². The Hall–Kier alpha value is -2.55. The number of hydrogen-bond donors (Lipinski definition) is 4. The number of H-pyrrole nitrogens is 1. The van der Waals surface area contributed by atoms with Crippen molar-refractivity contribution >= 4 is 11.8 Å². The zero-order chi connectivity index (χ0) is 22.4. The number of rotatable bonds is 12. The molecule has 0 radical (unpaired) electrons. The Balaban J connectivity index is 0.000000375. The van der Waals surface area contributed by atoms with E-state index < -0.39 is 30.4 Å². The molecule has 1 unspecified atom stereocenters. The van der Waals surface area contributed by atoms with Gasteiger partial charge in [-0.1, -0.05) is 44.2 Å². The molecule has 2 atom stereocenters. The van der Waals surface area contributed by atoms with Crippen LogP contribution in [0.5, 0.6) is 0 Å². The molecule has 4 N–H and O–H groups in total. The number of carboxylic acids is 1. The zero-order valence-corrected chi connectivity index (χ0v) is 17.9.